The van der Waals surface area contributed by atoms with Gasteiger partial charge in [-0.1, -0.05) is 12.1 Å². The van der Waals surface area contributed by atoms with E-state index < -0.39 is 4.92 Å². The third kappa shape index (κ3) is 4.80. The average molecular weight is 414 g/mol. The Morgan fingerprint density at radius 1 is 1.24 bits per heavy atom. The van der Waals surface area contributed by atoms with Crippen molar-refractivity contribution in [2.75, 3.05) is 18.4 Å². The van der Waals surface area contributed by atoms with E-state index in [1.165, 1.54) is 6.07 Å². The molecule has 0 radical (unpaired) electrons. The molecule has 2 heterocycles. The smallest absolute Gasteiger partial charge is 0.292 e. The number of rotatable bonds is 8. The van der Waals surface area contributed by atoms with E-state index in [2.05, 4.69) is 15.6 Å². The second kappa shape index (κ2) is 8.87. The first-order chi connectivity index (χ1) is 13.9. The number of nitro groups is 1. The van der Waals surface area contributed by atoms with Crippen LogP contribution in [0, 0.1) is 30.9 Å². The van der Waals surface area contributed by atoms with Gasteiger partial charge in [-0.3, -0.25) is 14.9 Å². The van der Waals surface area contributed by atoms with Crippen LogP contribution in [0.4, 0.5) is 11.4 Å². The number of nitro benzene ring substituents is 1. The van der Waals surface area contributed by atoms with E-state index in [-0.39, 0.29) is 18.1 Å². The average Bonchev–Trinajstić information content (AvgIpc) is 3.23. The van der Waals surface area contributed by atoms with Crippen LogP contribution in [0.3, 0.4) is 0 Å². The van der Waals surface area contributed by atoms with Crippen LogP contribution in [-0.4, -0.2) is 33.5 Å². The van der Waals surface area contributed by atoms with Crippen LogP contribution in [0.2, 0.25) is 0 Å². The molecular weight excluding hydrogens is 390 g/mol. The van der Waals surface area contributed by atoms with Crippen molar-refractivity contribution in [3.63, 3.8) is 0 Å². The Morgan fingerprint density at radius 2 is 2.00 bits per heavy atom. The number of thiazole rings is 1. The predicted molar refractivity (Wildman–Crippen MR) is 114 cm³/mol. The molecule has 0 atom stereocenters. The highest BCUT2D eigenvalue weighted by molar-refractivity contribution is 7.09. The SMILES string of the molecule is Cc1nc(-c2cc(C)n(CC(=O)NCCNc3ccccc3[N+](=O)[O-])c2C)cs1. The van der Waals surface area contributed by atoms with Gasteiger partial charge in [0.05, 0.1) is 15.6 Å². The molecule has 0 bridgehead atoms. The Bertz CT molecular complexity index is 1040. The molecule has 0 aliphatic carbocycles. The lowest BCUT2D eigenvalue weighted by Crippen LogP contribution is -2.32. The van der Waals surface area contributed by atoms with E-state index in [4.69, 9.17) is 0 Å². The maximum atomic E-state index is 12.4. The van der Waals surface area contributed by atoms with Crippen molar-refractivity contribution in [3.05, 3.63) is 62.2 Å². The number of benzene rings is 1. The van der Waals surface area contributed by atoms with Crippen molar-refractivity contribution >= 4 is 28.6 Å². The minimum Gasteiger partial charge on any atom is -0.378 e. The van der Waals surface area contributed by atoms with Gasteiger partial charge in [-0.25, -0.2) is 4.98 Å². The second-order valence-corrected chi connectivity index (χ2v) is 7.74. The van der Waals surface area contributed by atoms with Crippen LogP contribution in [-0.2, 0) is 11.3 Å². The van der Waals surface area contributed by atoms with Gasteiger partial charge in [-0.2, -0.15) is 0 Å². The molecule has 29 heavy (non-hydrogen) atoms. The monoisotopic (exact) mass is 413 g/mol. The molecular formula is C20H23N5O3S. The van der Waals surface area contributed by atoms with Gasteiger partial charge in [0.1, 0.15) is 12.2 Å². The molecule has 1 amide bonds. The molecule has 0 saturated heterocycles. The largest absolute Gasteiger partial charge is 0.378 e. The molecule has 0 aliphatic rings. The number of carbonyl (C=O) groups excluding carboxylic acids is 1. The molecule has 2 aromatic heterocycles. The zero-order chi connectivity index (χ0) is 21.0. The lowest BCUT2D eigenvalue weighted by atomic mass is 10.2. The summed E-state index contributed by atoms with van der Waals surface area (Å²) in [6.45, 7) is 6.90. The Morgan fingerprint density at radius 3 is 2.69 bits per heavy atom. The summed E-state index contributed by atoms with van der Waals surface area (Å²) in [6, 6.07) is 8.49. The van der Waals surface area contributed by atoms with Gasteiger partial charge in [0.15, 0.2) is 0 Å². The van der Waals surface area contributed by atoms with Crippen LogP contribution in [0.5, 0.6) is 0 Å². The maximum Gasteiger partial charge on any atom is 0.292 e. The third-order valence-electron chi connectivity index (χ3n) is 4.63. The molecule has 2 N–H and O–H groups in total. The van der Waals surface area contributed by atoms with E-state index in [9.17, 15) is 14.9 Å². The number of aryl methyl sites for hydroxylation is 2. The highest BCUT2D eigenvalue weighted by Crippen LogP contribution is 2.28. The third-order valence-corrected chi connectivity index (χ3v) is 5.41. The van der Waals surface area contributed by atoms with Gasteiger partial charge in [-0.15, -0.1) is 11.3 Å². The standard InChI is InChI=1S/C20H23N5O3S/c1-13-10-16(18-12-29-15(3)23-18)14(2)24(13)11-20(26)22-9-8-21-17-6-4-5-7-19(17)25(27)28/h4-7,10,12,21H,8-9,11H2,1-3H3,(H,22,26). The van der Waals surface area contributed by atoms with Gasteiger partial charge in [-0.05, 0) is 32.9 Å². The highest BCUT2D eigenvalue weighted by Gasteiger charge is 2.15. The maximum absolute atomic E-state index is 12.4. The molecule has 9 heteroatoms. The number of para-hydroxylation sites is 2. The number of hydrogen-bond donors (Lipinski definition) is 2. The minimum absolute atomic E-state index is 0.0159. The van der Waals surface area contributed by atoms with Gasteiger partial charge in [0.25, 0.3) is 5.69 Å². The quantitative estimate of drug-likeness (QED) is 0.333. The zero-order valence-corrected chi connectivity index (χ0v) is 17.4. The fraction of sp³-hybridized carbons (Fsp3) is 0.300. The topological polar surface area (TPSA) is 102 Å². The number of amides is 1. The van der Waals surface area contributed by atoms with E-state index in [1.54, 1.807) is 29.5 Å². The number of anilines is 1. The van der Waals surface area contributed by atoms with Crippen LogP contribution in [0.1, 0.15) is 16.4 Å². The summed E-state index contributed by atoms with van der Waals surface area (Å²) in [6.07, 6.45) is 0. The van der Waals surface area contributed by atoms with Crippen LogP contribution in [0.15, 0.2) is 35.7 Å². The first-order valence-electron chi connectivity index (χ1n) is 9.20. The fourth-order valence-electron chi connectivity index (χ4n) is 3.17. The summed E-state index contributed by atoms with van der Waals surface area (Å²) < 4.78 is 1.97. The van der Waals surface area contributed by atoms with Crippen LogP contribution >= 0.6 is 11.3 Å². The van der Waals surface area contributed by atoms with Crippen molar-refractivity contribution < 1.29 is 9.72 Å². The second-order valence-electron chi connectivity index (χ2n) is 6.67. The summed E-state index contributed by atoms with van der Waals surface area (Å²) in [5, 5.41) is 19.9. The fourth-order valence-corrected chi connectivity index (χ4v) is 3.78. The van der Waals surface area contributed by atoms with Crippen LogP contribution < -0.4 is 10.6 Å². The van der Waals surface area contributed by atoms with Gasteiger partial charge in [0, 0.05) is 41.5 Å². The predicted octanol–water partition coefficient (Wildman–Crippen LogP) is 3.67. The van der Waals surface area contributed by atoms with Gasteiger partial charge in [0.2, 0.25) is 5.91 Å². The lowest BCUT2D eigenvalue weighted by molar-refractivity contribution is -0.384. The van der Waals surface area contributed by atoms with E-state index in [0.29, 0.717) is 18.8 Å². The van der Waals surface area contributed by atoms with Crippen molar-refractivity contribution in [2.24, 2.45) is 0 Å². The first-order valence-corrected chi connectivity index (χ1v) is 10.1. The molecule has 0 fully saturated rings. The van der Waals surface area contributed by atoms with Crippen molar-refractivity contribution in [3.8, 4) is 11.3 Å². The molecule has 0 spiro atoms. The number of carbonyl (C=O) groups is 1. The number of nitrogens with zero attached hydrogens (tertiary/aromatic N) is 3. The van der Waals surface area contributed by atoms with E-state index in [1.807, 2.05) is 36.8 Å². The molecule has 0 unspecified atom stereocenters. The first kappa shape index (κ1) is 20.5. The summed E-state index contributed by atoms with van der Waals surface area (Å²) in [4.78, 5) is 27.5. The molecule has 3 rings (SSSR count). The Hall–Kier alpha value is -3.20. The van der Waals surface area contributed by atoms with Crippen molar-refractivity contribution in [1.29, 1.82) is 0 Å². The number of aromatic nitrogens is 2. The number of nitrogens with one attached hydrogen (secondary N) is 2. The molecule has 3 aromatic rings. The Kier molecular flexibility index (Phi) is 6.28. The summed E-state index contributed by atoms with van der Waals surface area (Å²) in [5.41, 5.74) is 4.42. The normalized spacial score (nSPS) is 10.7. The molecule has 8 nitrogen and oxygen atoms in total. The van der Waals surface area contributed by atoms with Gasteiger partial charge >= 0.3 is 0 Å². The highest BCUT2D eigenvalue weighted by atomic mass is 32.1. The van der Waals surface area contributed by atoms with Gasteiger partial charge < -0.3 is 15.2 Å². The van der Waals surface area contributed by atoms with Crippen LogP contribution in [0.25, 0.3) is 11.3 Å². The minimum atomic E-state index is -0.431. The molecule has 1 aromatic carbocycles. The molecule has 152 valence electrons. The van der Waals surface area contributed by atoms with Crippen molar-refractivity contribution in [2.45, 2.75) is 27.3 Å². The van der Waals surface area contributed by atoms with E-state index in [0.717, 1.165) is 27.7 Å². The summed E-state index contributed by atoms with van der Waals surface area (Å²) in [5.74, 6) is -0.114. The molecule has 0 aliphatic heterocycles. The molecule has 0 saturated carbocycles. The Balaban J connectivity index is 1.55. The number of hydrogen-bond acceptors (Lipinski definition) is 6. The lowest BCUT2D eigenvalue weighted by Gasteiger charge is -2.11. The Labute approximate surface area is 172 Å². The van der Waals surface area contributed by atoms with Crippen molar-refractivity contribution in [1.82, 2.24) is 14.9 Å². The summed E-state index contributed by atoms with van der Waals surface area (Å²) >= 11 is 1.60. The summed E-state index contributed by atoms with van der Waals surface area (Å²) in [7, 11) is 0. The van der Waals surface area contributed by atoms with E-state index >= 15 is 0 Å². The zero-order valence-electron chi connectivity index (χ0n) is 16.6.